The first-order valence-electron chi connectivity index (χ1n) is 18.3. The Balaban J connectivity index is 1.10. The predicted octanol–water partition coefficient (Wildman–Crippen LogP) is 9.77. The normalized spacial score (nSPS) is 20.9. The Morgan fingerprint density at radius 3 is 1.86 bits per heavy atom. The molecule has 0 aromatic heterocycles. The summed E-state index contributed by atoms with van der Waals surface area (Å²) in [6.07, 6.45) is 3.59. The maximum atomic E-state index is 6.88. The van der Waals surface area contributed by atoms with Gasteiger partial charge in [-0.15, -0.1) is 11.8 Å². The van der Waals surface area contributed by atoms with Crippen LogP contribution in [0.3, 0.4) is 0 Å². The minimum atomic E-state index is -0.138. The minimum Gasteiger partial charge on any atom is -0.490 e. The molecule has 2 aliphatic rings. The maximum Gasteiger partial charge on any atom is 0.119 e. The Labute approximate surface area is 307 Å². The zero-order chi connectivity index (χ0) is 34.5. The van der Waals surface area contributed by atoms with Gasteiger partial charge < -0.3 is 23.7 Å². The van der Waals surface area contributed by atoms with Crippen LogP contribution in [0.1, 0.15) is 57.9 Å². The van der Waals surface area contributed by atoms with E-state index in [4.69, 9.17) is 23.7 Å². The molecule has 5 aromatic rings. The summed E-state index contributed by atoms with van der Waals surface area (Å²) >= 11 is 1.97. The highest BCUT2D eigenvalue weighted by Crippen LogP contribution is 2.46. The average Bonchev–Trinajstić information content (AvgIpc) is 3.19. The number of ether oxygens (including phenoxy) is 5. The molecule has 0 radical (unpaired) electrons. The van der Waals surface area contributed by atoms with Crippen LogP contribution in [-0.2, 0) is 45.2 Å². The summed E-state index contributed by atoms with van der Waals surface area (Å²) in [5.74, 6) is 0.929. The molecule has 2 saturated heterocycles. The molecule has 6 heteroatoms. The van der Waals surface area contributed by atoms with E-state index in [2.05, 4.69) is 121 Å². The van der Waals surface area contributed by atoms with Gasteiger partial charge in [-0.05, 0) is 58.4 Å². The minimum absolute atomic E-state index is 0.0729. The lowest BCUT2D eigenvalue weighted by Gasteiger charge is -2.41. The topological polar surface area (TPSA) is 46.2 Å². The maximum absolute atomic E-state index is 6.88. The standard InChI is InChI=1S/C45H48O5S/c1-4-11-35(12-5-1)30-47-33-42-29-43(48-31-36-13-6-2-7-14-36)44(49-32-37-15-8-3-9-16-37)45(51-42)39-18-10-17-38(28-39)27-34-19-21-40(22-20-34)50-41-23-25-46-26-24-41/h1-22,28,41-45H,23-27,29-33H2/t42-,43-,44+,45-/m0/s1. The molecule has 0 N–H and O–H groups in total. The third-order valence-corrected chi connectivity index (χ3v) is 11.1. The SMILES string of the molecule is c1ccc(COC[C@@H]2C[C@H](OCc3ccccc3)[C@@H](OCc3ccccc3)[C@H](c3cccc(Cc4ccc(OC5CCOCC5)cc4)c3)S2)cc1. The van der Waals surface area contributed by atoms with Gasteiger partial charge in [-0.1, -0.05) is 127 Å². The number of benzene rings is 5. The number of hydrogen-bond acceptors (Lipinski definition) is 6. The number of hydrogen-bond donors (Lipinski definition) is 0. The molecule has 2 heterocycles. The van der Waals surface area contributed by atoms with Crippen LogP contribution < -0.4 is 4.74 Å². The van der Waals surface area contributed by atoms with Gasteiger partial charge in [0.05, 0.1) is 51.0 Å². The fourth-order valence-electron chi connectivity index (χ4n) is 6.88. The second-order valence-electron chi connectivity index (χ2n) is 13.5. The molecule has 0 saturated carbocycles. The van der Waals surface area contributed by atoms with Crippen LogP contribution in [0, 0.1) is 0 Å². The highest BCUT2D eigenvalue weighted by molar-refractivity contribution is 8.00. The van der Waals surface area contributed by atoms with Crippen molar-refractivity contribution in [3.8, 4) is 5.75 Å². The summed E-state index contributed by atoms with van der Waals surface area (Å²) in [6, 6.07) is 48.9. The van der Waals surface area contributed by atoms with Crippen LogP contribution >= 0.6 is 11.8 Å². The molecule has 51 heavy (non-hydrogen) atoms. The molecule has 0 spiro atoms. The van der Waals surface area contributed by atoms with Crippen molar-refractivity contribution in [1.29, 1.82) is 0 Å². The molecule has 4 atom stereocenters. The van der Waals surface area contributed by atoms with Gasteiger partial charge in [-0.25, -0.2) is 0 Å². The summed E-state index contributed by atoms with van der Waals surface area (Å²) < 4.78 is 31.7. The van der Waals surface area contributed by atoms with Gasteiger partial charge in [-0.3, -0.25) is 0 Å². The lowest BCUT2D eigenvalue weighted by atomic mass is 9.95. The molecule has 0 aliphatic carbocycles. The first-order chi connectivity index (χ1) is 25.2. The summed E-state index contributed by atoms with van der Waals surface area (Å²) in [5, 5.41) is 0.326. The van der Waals surface area contributed by atoms with Crippen LogP contribution in [0.15, 0.2) is 140 Å². The first kappa shape index (κ1) is 35.5. The molecular weight excluding hydrogens is 653 g/mol. The van der Waals surface area contributed by atoms with Gasteiger partial charge in [0.2, 0.25) is 0 Å². The summed E-state index contributed by atoms with van der Waals surface area (Å²) in [5.41, 5.74) is 7.31. The molecule has 0 amide bonds. The van der Waals surface area contributed by atoms with E-state index in [-0.39, 0.29) is 28.8 Å². The van der Waals surface area contributed by atoms with Crippen LogP contribution in [-0.4, -0.2) is 43.4 Å². The molecule has 264 valence electrons. The zero-order valence-electron chi connectivity index (χ0n) is 29.2. The highest BCUT2D eigenvalue weighted by atomic mass is 32.2. The van der Waals surface area contributed by atoms with E-state index in [0.29, 0.717) is 26.4 Å². The van der Waals surface area contributed by atoms with E-state index in [0.717, 1.165) is 55.8 Å². The Hall–Kier alpha value is -3.91. The molecular formula is C45H48O5S. The van der Waals surface area contributed by atoms with E-state index < -0.39 is 0 Å². The van der Waals surface area contributed by atoms with Gasteiger partial charge in [0, 0.05) is 18.1 Å². The monoisotopic (exact) mass is 700 g/mol. The van der Waals surface area contributed by atoms with Gasteiger partial charge >= 0.3 is 0 Å². The molecule has 5 nitrogen and oxygen atoms in total. The molecule has 0 unspecified atom stereocenters. The van der Waals surface area contributed by atoms with E-state index >= 15 is 0 Å². The second-order valence-corrected chi connectivity index (χ2v) is 15.0. The second kappa shape index (κ2) is 18.5. The first-order valence-corrected chi connectivity index (χ1v) is 19.2. The fraction of sp³-hybridized carbons (Fsp3) is 0.333. The smallest absolute Gasteiger partial charge is 0.119 e. The van der Waals surface area contributed by atoms with E-state index in [1.807, 2.05) is 30.0 Å². The van der Waals surface area contributed by atoms with Crippen molar-refractivity contribution in [3.05, 3.63) is 173 Å². The van der Waals surface area contributed by atoms with Crippen molar-refractivity contribution in [2.45, 2.75) is 74.3 Å². The van der Waals surface area contributed by atoms with E-state index in [1.165, 1.54) is 22.3 Å². The van der Waals surface area contributed by atoms with E-state index in [9.17, 15) is 0 Å². The Morgan fingerprint density at radius 1 is 0.588 bits per heavy atom. The van der Waals surface area contributed by atoms with Crippen LogP contribution in [0.4, 0.5) is 0 Å². The molecule has 2 aliphatic heterocycles. The number of thioether (sulfide) groups is 1. The lowest BCUT2D eigenvalue weighted by Crippen LogP contribution is -2.43. The quantitative estimate of drug-likeness (QED) is 0.108. The van der Waals surface area contributed by atoms with Crippen LogP contribution in [0.25, 0.3) is 0 Å². The summed E-state index contributed by atoms with van der Waals surface area (Å²) in [7, 11) is 0. The average molecular weight is 701 g/mol. The Kier molecular flexibility index (Phi) is 12.9. The molecule has 5 aromatic carbocycles. The van der Waals surface area contributed by atoms with E-state index in [1.54, 1.807) is 0 Å². The molecule has 7 rings (SSSR count). The number of rotatable bonds is 15. The van der Waals surface area contributed by atoms with Crippen LogP contribution in [0.2, 0.25) is 0 Å². The zero-order valence-corrected chi connectivity index (χ0v) is 30.0. The predicted molar refractivity (Wildman–Crippen MR) is 205 cm³/mol. The van der Waals surface area contributed by atoms with Crippen molar-refractivity contribution >= 4 is 11.8 Å². The summed E-state index contributed by atoms with van der Waals surface area (Å²) in [4.78, 5) is 0. The Morgan fingerprint density at radius 2 is 1.20 bits per heavy atom. The molecule has 0 bridgehead atoms. The Bertz CT molecular complexity index is 1730. The van der Waals surface area contributed by atoms with Gasteiger partial charge in [0.1, 0.15) is 18.0 Å². The van der Waals surface area contributed by atoms with Crippen molar-refractivity contribution in [3.63, 3.8) is 0 Å². The van der Waals surface area contributed by atoms with Gasteiger partial charge in [-0.2, -0.15) is 0 Å². The van der Waals surface area contributed by atoms with Gasteiger partial charge in [0.15, 0.2) is 0 Å². The highest BCUT2D eigenvalue weighted by Gasteiger charge is 2.41. The third-order valence-electron chi connectivity index (χ3n) is 9.59. The lowest BCUT2D eigenvalue weighted by molar-refractivity contribution is -0.0949. The summed E-state index contributed by atoms with van der Waals surface area (Å²) in [6.45, 7) is 3.87. The van der Waals surface area contributed by atoms with Crippen molar-refractivity contribution in [1.82, 2.24) is 0 Å². The van der Waals surface area contributed by atoms with Crippen LogP contribution in [0.5, 0.6) is 5.75 Å². The molecule has 2 fully saturated rings. The van der Waals surface area contributed by atoms with Crippen molar-refractivity contribution in [2.24, 2.45) is 0 Å². The third kappa shape index (κ3) is 10.6. The largest absolute Gasteiger partial charge is 0.490 e. The van der Waals surface area contributed by atoms with Gasteiger partial charge in [0.25, 0.3) is 0 Å². The fourth-order valence-corrected chi connectivity index (χ4v) is 8.48. The van der Waals surface area contributed by atoms with Crippen molar-refractivity contribution < 1.29 is 23.7 Å². The van der Waals surface area contributed by atoms with Crippen molar-refractivity contribution in [2.75, 3.05) is 19.8 Å².